The molecule has 7 heteroatoms. The van der Waals surface area contributed by atoms with Gasteiger partial charge in [0.25, 0.3) is 0 Å². The largest absolute Gasteiger partial charge is 0.478 e. The topological polar surface area (TPSA) is 55.8 Å². The van der Waals surface area contributed by atoms with Gasteiger partial charge in [0.1, 0.15) is 17.2 Å². The molecule has 0 aliphatic heterocycles. The molecule has 0 aromatic heterocycles. The molecular formula is C28H27F3O4. The van der Waals surface area contributed by atoms with E-state index in [1.165, 1.54) is 23.8 Å². The summed E-state index contributed by atoms with van der Waals surface area (Å²) in [6, 6.07) is 18.7. The number of alkyl halides is 3. The average molecular weight is 485 g/mol. The number of carboxylic acid groups (broad SMARTS) is 1. The first kappa shape index (κ1) is 25.9. The van der Waals surface area contributed by atoms with E-state index in [1.54, 1.807) is 30.3 Å². The van der Waals surface area contributed by atoms with E-state index in [4.69, 9.17) is 9.84 Å². The number of hydrogen-bond donors (Lipinski definition) is 1. The van der Waals surface area contributed by atoms with Crippen molar-refractivity contribution in [2.45, 2.75) is 38.7 Å². The van der Waals surface area contributed by atoms with E-state index in [2.05, 4.69) is 25.5 Å². The van der Waals surface area contributed by atoms with Gasteiger partial charge in [0.2, 0.25) is 0 Å². The number of rotatable bonds is 10. The predicted molar refractivity (Wildman–Crippen MR) is 130 cm³/mol. The van der Waals surface area contributed by atoms with E-state index >= 15 is 0 Å². The molecule has 4 nitrogen and oxygen atoms in total. The summed E-state index contributed by atoms with van der Waals surface area (Å²) in [5, 5.41) is 9.03. The Bertz CT molecular complexity index is 1180. The van der Waals surface area contributed by atoms with Crippen molar-refractivity contribution in [3.8, 4) is 28.4 Å². The molecule has 0 fully saturated rings. The maximum absolute atomic E-state index is 13.1. The highest BCUT2D eigenvalue weighted by Crippen LogP contribution is 2.34. The molecular weight excluding hydrogens is 457 g/mol. The van der Waals surface area contributed by atoms with Gasteiger partial charge in [-0.1, -0.05) is 57.2 Å². The molecule has 3 aromatic carbocycles. The van der Waals surface area contributed by atoms with Gasteiger partial charge >= 0.3 is 12.1 Å². The van der Waals surface area contributed by atoms with Crippen LogP contribution < -0.4 is 9.47 Å². The summed E-state index contributed by atoms with van der Waals surface area (Å²) in [5.74, 6) is -0.248. The van der Waals surface area contributed by atoms with Crippen LogP contribution in [0.3, 0.4) is 0 Å². The van der Waals surface area contributed by atoms with Gasteiger partial charge in [-0.25, -0.2) is 9.18 Å². The molecule has 3 rings (SSSR count). The van der Waals surface area contributed by atoms with Crippen LogP contribution in [0.5, 0.6) is 17.2 Å². The van der Waals surface area contributed by atoms with E-state index < -0.39 is 18.8 Å². The van der Waals surface area contributed by atoms with E-state index in [9.17, 15) is 18.0 Å². The number of ether oxygens (including phenoxy) is 2. The van der Waals surface area contributed by atoms with Crippen LogP contribution in [-0.2, 0) is 10.2 Å². The Balaban J connectivity index is 1.91. The van der Waals surface area contributed by atoms with Crippen LogP contribution in [0.25, 0.3) is 17.2 Å². The third-order valence-electron chi connectivity index (χ3n) is 5.78. The molecule has 0 heterocycles. The average Bonchev–Trinajstić information content (AvgIpc) is 2.84. The van der Waals surface area contributed by atoms with Crippen molar-refractivity contribution in [1.29, 1.82) is 0 Å². The zero-order valence-corrected chi connectivity index (χ0v) is 19.7. The summed E-state index contributed by atoms with van der Waals surface area (Å²) in [5.41, 5.74) is 3.14. The van der Waals surface area contributed by atoms with Crippen LogP contribution >= 0.6 is 0 Å². The third-order valence-corrected chi connectivity index (χ3v) is 5.78. The van der Waals surface area contributed by atoms with Gasteiger partial charge in [0, 0.05) is 11.6 Å². The Morgan fingerprint density at radius 1 is 0.943 bits per heavy atom. The first-order chi connectivity index (χ1) is 16.5. The summed E-state index contributed by atoms with van der Waals surface area (Å²) in [4.78, 5) is 11.0. The Morgan fingerprint density at radius 2 is 1.54 bits per heavy atom. The minimum absolute atomic E-state index is 0.0257. The minimum atomic E-state index is -3.89. The SMILES string of the molecule is CCC(C)(C)c1ccc(Oc2cc(-c3ccc(OC(F)(F)CF)cc3)ccc2/C=C/C(=O)O)cc1. The van der Waals surface area contributed by atoms with Gasteiger partial charge in [-0.2, -0.15) is 8.78 Å². The molecule has 3 aromatic rings. The first-order valence-electron chi connectivity index (χ1n) is 11.1. The normalized spacial score (nSPS) is 12.1. The second kappa shape index (κ2) is 10.7. The molecule has 0 aliphatic carbocycles. The fourth-order valence-corrected chi connectivity index (χ4v) is 3.32. The third kappa shape index (κ3) is 6.88. The zero-order valence-electron chi connectivity index (χ0n) is 19.7. The lowest BCUT2D eigenvalue weighted by atomic mass is 9.82. The molecule has 0 aliphatic rings. The van der Waals surface area contributed by atoms with Crippen molar-refractivity contribution in [2.24, 2.45) is 0 Å². The summed E-state index contributed by atoms with van der Waals surface area (Å²) >= 11 is 0. The Kier molecular flexibility index (Phi) is 7.89. The first-order valence-corrected chi connectivity index (χ1v) is 11.1. The molecule has 0 radical (unpaired) electrons. The summed E-state index contributed by atoms with van der Waals surface area (Å²) in [6.45, 7) is 4.53. The van der Waals surface area contributed by atoms with E-state index in [0.29, 0.717) is 28.2 Å². The smallest absolute Gasteiger partial charge is 0.427 e. The second-order valence-electron chi connectivity index (χ2n) is 8.69. The Morgan fingerprint density at radius 3 is 2.11 bits per heavy atom. The molecule has 1 N–H and O–H groups in total. The van der Waals surface area contributed by atoms with Gasteiger partial charge in [-0.3, -0.25) is 0 Å². The van der Waals surface area contributed by atoms with Crippen molar-refractivity contribution in [3.63, 3.8) is 0 Å². The molecule has 0 amide bonds. The second-order valence-corrected chi connectivity index (χ2v) is 8.69. The van der Waals surface area contributed by atoms with Crippen LogP contribution in [0.15, 0.2) is 72.8 Å². The van der Waals surface area contributed by atoms with Gasteiger partial charge in [0.05, 0.1) is 0 Å². The fourth-order valence-electron chi connectivity index (χ4n) is 3.32. The fraction of sp³-hybridized carbons (Fsp3) is 0.250. The Labute approximate surface area is 202 Å². The van der Waals surface area contributed by atoms with Gasteiger partial charge < -0.3 is 14.6 Å². The number of benzene rings is 3. The van der Waals surface area contributed by atoms with Gasteiger partial charge in [-0.15, -0.1) is 0 Å². The van der Waals surface area contributed by atoms with Crippen molar-refractivity contribution in [1.82, 2.24) is 0 Å². The summed E-state index contributed by atoms with van der Waals surface area (Å²) < 4.78 is 49.1. The summed E-state index contributed by atoms with van der Waals surface area (Å²) in [7, 11) is 0. The quantitative estimate of drug-likeness (QED) is 0.298. The molecule has 0 spiro atoms. The van der Waals surface area contributed by atoms with Crippen LogP contribution in [0, 0.1) is 0 Å². The summed E-state index contributed by atoms with van der Waals surface area (Å²) in [6.07, 6.45) is -0.449. The van der Waals surface area contributed by atoms with Crippen LogP contribution in [-0.4, -0.2) is 23.9 Å². The van der Waals surface area contributed by atoms with Crippen LogP contribution in [0.4, 0.5) is 13.2 Å². The molecule has 0 saturated carbocycles. The molecule has 35 heavy (non-hydrogen) atoms. The van der Waals surface area contributed by atoms with Crippen molar-refractivity contribution in [3.05, 3.63) is 83.9 Å². The van der Waals surface area contributed by atoms with Crippen molar-refractivity contribution in [2.75, 3.05) is 6.67 Å². The number of carboxylic acids is 1. The number of halogens is 3. The lowest BCUT2D eigenvalue weighted by molar-refractivity contribution is -0.186. The van der Waals surface area contributed by atoms with Crippen molar-refractivity contribution >= 4 is 12.0 Å². The number of aliphatic carboxylic acids is 1. The molecule has 0 bridgehead atoms. The van der Waals surface area contributed by atoms with Crippen LogP contribution in [0.1, 0.15) is 38.3 Å². The minimum Gasteiger partial charge on any atom is -0.478 e. The van der Waals surface area contributed by atoms with Crippen molar-refractivity contribution < 1.29 is 32.5 Å². The highest BCUT2D eigenvalue weighted by Gasteiger charge is 2.31. The standard InChI is InChI=1S/C28H27F3O4/c1-4-27(2,3)22-10-14-23(15-11-22)34-25-17-21(6-5-20(25)9-16-26(32)33)19-7-12-24(13-8-19)35-28(30,31)18-29/h5-17H,4,18H2,1-3H3,(H,32,33)/b16-9+. The lowest BCUT2D eigenvalue weighted by Crippen LogP contribution is -2.26. The highest BCUT2D eigenvalue weighted by molar-refractivity contribution is 5.86. The number of carbonyl (C=O) groups is 1. The number of hydrogen-bond acceptors (Lipinski definition) is 3. The highest BCUT2D eigenvalue weighted by atomic mass is 19.3. The van der Waals surface area contributed by atoms with E-state index in [0.717, 1.165) is 12.5 Å². The maximum Gasteiger partial charge on any atom is 0.427 e. The molecule has 0 saturated heterocycles. The maximum atomic E-state index is 13.1. The predicted octanol–water partition coefficient (Wildman–Crippen LogP) is 7.87. The lowest BCUT2D eigenvalue weighted by Gasteiger charge is -2.23. The van der Waals surface area contributed by atoms with Crippen LogP contribution in [0.2, 0.25) is 0 Å². The molecule has 184 valence electrons. The molecule has 0 unspecified atom stereocenters. The zero-order chi connectivity index (χ0) is 25.6. The molecule has 0 atom stereocenters. The Hall–Kier alpha value is -3.74. The van der Waals surface area contributed by atoms with Gasteiger partial charge in [-0.05, 0) is 64.9 Å². The van der Waals surface area contributed by atoms with E-state index in [-0.39, 0.29) is 11.2 Å². The van der Waals surface area contributed by atoms with E-state index in [1.807, 2.05) is 24.3 Å². The van der Waals surface area contributed by atoms with Gasteiger partial charge in [0.15, 0.2) is 6.67 Å². The monoisotopic (exact) mass is 484 g/mol.